The summed E-state index contributed by atoms with van der Waals surface area (Å²) in [5, 5.41) is 18.1. The Morgan fingerprint density at radius 3 is 2.83 bits per heavy atom. The molecule has 0 saturated heterocycles. The molecule has 88 valence electrons. The van der Waals surface area contributed by atoms with Crippen molar-refractivity contribution in [3.63, 3.8) is 0 Å². The van der Waals surface area contributed by atoms with Crippen LogP contribution in [0.2, 0.25) is 0 Å². The lowest BCUT2D eigenvalue weighted by molar-refractivity contribution is -0.604. The second-order valence-electron chi connectivity index (χ2n) is 3.70. The van der Waals surface area contributed by atoms with Gasteiger partial charge in [0.05, 0.1) is 5.56 Å². The zero-order chi connectivity index (χ0) is 12.4. The lowest BCUT2D eigenvalue weighted by Gasteiger charge is -1.96. The Hall–Kier alpha value is -2.76. The molecular formula is C12H9N5O. The van der Waals surface area contributed by atoms with Gasteiger partial charge < -0.3 is 5.21 Å². The number of aromatic nitrogens is 5. The maximum Gasteiger partial charge on any atom is 0.191 e. The molecule has 0 amide bonds. The van der Waals surface area contributed by atoms with Gasteiger partial charge >= 0.3 is 0 Å². The van der Waals surface area contributed by atoms with Crippen molar-refractivity contribution in [1.82, 2.24) is 20.2 Å². The summed E-state index contributed by atoms with van der Waals surface area (Å²) >= 11 is 0. The standard InChI is InChI=1S/C12H9N5O/c18-17-6-2-4-10(8-17)12-14-11(15-16-12)9-3-1-5-13-7-9/h1-8H,(H,14,15,16). The molecule has 0 aliphatic carbocycles. The van der Waals surface area contributed by atoms with Crippen LogP contribution in [0.5, 0.6) is 0 Å². The van der Waals surface area contributed by atoms with Gasteiger partial charge in [-0.2, -0.15) is 9.83 Å². The largest absolute Gasteiger partial charge is 0.619 e. The van der Waals surface area contributed by atoms with Crippen LogP contribution in [0.4, 0.5) is 0 Å². The monoisotopic (exact) mass is 239 g/mol. The number of H-pyrrole nitrogens is 1. The molecule has 6 heteroatoms. The minimum atomic E-state index is 0.485. The molecular weight excluding hydrogens is 230 g/mol. The first-order valence-electron chi connectivity index (χ1n) is 5.35. The molecule has 3 heterocycles. The van der Waals surface area contributed by atoms with E-state index >= 15 is 0 Å². The molecule has 1 N–H and O–H groups in total. The first-order valence-corrected chi connectivity index (χ1v) is 5.35. The third kappa shape index (κ3) is 1.91. The van der Waals surface area contributed by atoms with E-state index in [1.165, 1.54) is 12.4 Å². The van der Waals surface area contributed by atoms with Gasteiger partial charge in [0.25, 0.3) is 0 Å². The molecule has 6 nitrogen and oxygen atoms in total. The molecule has 0 bridgehead atoms. The van der Waals surface area contributed by atoms with Crippen molar-refractivity contribution in [2.45, 2.75) is 0 Å². The van der Waals surface area contributed by atoms with Crippen molar-refractivity contribution >= 4 is 0 Å². The van der Waals surface area contributed by atoms with Crippen molar-refractivity contribution in [1.29, 1.82) is 0 Å². The Labute approximate surface area is 103 Å². The second-order valence-corrected chi connectivity index (χ2v) is 3.70. The highest BCUT2D eigenvalue weighted by atomic mass is 16.5. The SMILES string of the molecule is [O-][n+]1cccc(-c2n[nH]c(-c3cccnc3)n2)c1. The van der Waals surface area contributed by atoms with Crippen LogP contribution in [0, 0.1) is 5.21 Å². The van der Waals surface area contributed by atoms with E-state index in [1.54, 1.807) is 24.5 Å². The van der Waals surface area contributed by atoms with E-state index in [2.05, 4.69) is 20.2 Å². The molecule has 18 heavy (non-hydrogen) atoms. The maximum absolute atomic E-state index is 11.2. The van der Waals surface area contributed by atoms with Crippen LogP contribution >= 0.6 is 0 Å². The smallest absolute Gasteiger partial charge is 0.191 e. The van der Waals surface area contributed by atoms with Gasteiger partial charge in [-0.05, 0) is 18.2 Å². The average Bonchev–Trinajstić information content (AvgIpc) is 2.89. The number of nitrogens with zero attached hydrogens (tertiary/aromatic N) is 4. The number of hydrogen-bond acceptors (Lipinski definition) is 4. The normalized spacial score (nSPS) is 10.4. The summed E-state index contributed by atoms with van der Waals surface area (Å²) in [4.78, 5) is 8.35. The van der Waals surface area contributed by atoms with Crippen LogP contribution in [-0.4, -0.2) is 20.2 Å². The Kier molecular flexibility index (Phi) is 2.45. The molecule has 3 aromatic heterocycles. The van der Waals surface area contributed by atoms with Crippen LogP contribution in [0.25, 0.3) is 22.8 Å². The van der Waals surface area contributed by atoms with Crippen LogP contribution < -0.4 is 4.73 Å². The summed E-state index contributed by atoms with van der Waals surface area (Å²) in [7, 11) is 0. The number of aromatic amines is 1. The highest BCUT2D eigenvalue weighted by molar-refractivity contribution is 5.59. The van der Waals surface area contributed by atoms with E-state index in [0.717, 1.165) is 10.3 Å². The summed E-state index contributed by atoms with van der Waals surface area (Å²) in [6.45, 7) is 0. The molecule has 0 saturated carbocycles. The quantitative estimate of drug-likeness (QED) is 0.537. The highest BCUT2D eigenvalue weighted by Crippen LogP contribution is 2.17. The summed E-state index contributed by atoms with van der Waals surface area (Å²) in [6, 6.07) is 7.15. The second kappa shape index (κ2) is 4.25. The molecule has 0 aliphatic heterocycles. The zero-order valence-corrected chi connectivity index (χ0v) is 9.32. The third-order valence-electron chi connectivity index (χ3n) is 2.45. The van der Waals surface area contributed by atoms with Gasteiger partial charge in [-0.1, -0.05) is 0 Å². The summed E-state index contributed by atoms with van der Waals surface area (Å²) in [6.07, 6.45) is 6.23. The first kappa shape index (κ1) is 10.4. The summed E-state index contributed by atoms with van der Waals surface area (Å²) in [5.74, 6) is 1.11. The van der Waals surface area contributed by atoms with E-state index < -0.39 is 0 Å². The number of rotatable bonds is 2. The van der Waals surface area contributed by atoms with Gasteiger partial charge in [-0.3, -0.25) is 10.1 Å². The Balaban J connectivity index is 2.00. The van der Waals surface area contributed by atoms with Crippen LogP contribution in [0.3, 0.4) is 0 Å². The fourth-order valence-electron chi connectivity index (χ4n) is 1.61. The van der Waals surface area contributed by atoms with E-state index in [-0.39, 0.29) is 0 Å². The van der Waals surface area contributed by atoms with Gasteiger partial charge in [0.1, 0.15) is 0 Å². The number of hydrogen-bond donors (Lipinski definition) is 1. The number of nitrogens with one attached hydrogen (secondary N) is 1. The first-order chi connectivity index (χ1) is 8.83. The molecule has 0 aromatic carbocycles. The van der Waals surface area contributed by atoms with Crippen molar-refractivity contribution < 1.29 is 4.73 Å². The average molecular weight is 239 g/mol. The van der Waals surface area contributed by atoms with E-state index in [0.29, 0.717) is 17.2 Å². The van der Waals surface area contributed by atoms with Crippen molar-refractivity contribution in [2.75, 3.05) is 0 Å². The Morgan fingerprint density at radius 2 is 2.06 bits per heavy atom. The van der Waals surface area contributed by atoms with E-state index in [9.17, 15) is 5.21 Å². The number of pyridine rings is 2. The Bertz CT molecular complexity index is 665. The fraction of sp³-hybridized carbons (Fsp3) is 0. The predicted molar refractivity (Wildman–Crippen MR) is 64.0 cm³/mol. The molecule has 0 aliphatic rings. The summed E-state index contributed by atoms with van der Waals surface area (Å²) in [5.41, 5.74) is 1.51. The highest BCUT2D eigenvalue weighted by Gasteiger charge is 2.09. The zero-order valence-electron chi connectivity index (χ0n) is 9.32. The predicted octanol–water partition coefficient (Wildman–Crippen LogP) is 1.17. The molecule has 3 aromatic rings. The summed E-state index contributed by atoms with van der Waals surface area (Å²) < 4.78 is 0.718. The van der Waals surface area contributed by atoms with Crippen molar-refractivity contribution in [3.8, 4) is 22.8 Å². The van der Waals surface area contributed by atoms with Crippen LogP contribution in [-0.2, 0) is 0 Å². The lowest BCUT2D eigenvalue weighted by Crippen LogP contribution is -2.24. The maximum atomic E-state index is 11.2. The molecule has 0 spiro atoms. The van der Waals surface area contributed by atoms with Gasteiger partial charge in [-0.15, -0.1) is 0 Å². The molecule has 3 rings (SSSR count). The minimum absolute atomic E-state index is 0.485. The van der Waals surface area contributed by atoms with E-state index in [1.807, 2.05) is 12.1 Å². The van der Waals surface area contributed by atoms with Crippen LogP contribution in [0.15, 0.2) is 49.1 Å². The Morgan fingerprint density at radius 1 is 1.17 bits per heavy atom. The van der Waals surface area contributed by atoms with Gasteiger partial charge in [0.15, 0.2) is 24.0 Å². The molecule has 0 fully saturated rings. The lowest BCUT2D eigenvalue weighted by atomic mass is 10.2. The molecule has 0 radical (unpaired) electrons. The molecule has 0 unspecified atom stereocenters. The van der Waals surface area contributed by atoms with Gasteiger partial charge in [0.2, 0.25) is 0 Å². The van der Waals surface area contributed by atoms with Gasteiger partial charge in [0, 0.05) is 24.0 Å². The van der Waals surface area contributed by atoms with E-state index in [4.69, 9.17) is 0 Å². The molecule has 0 atom stereocenters. The van der Waals surface area contributed by atoms with Crippen LogP contribution in [0.1, 0.15) is 0 Å². The van der Waals surface area contributed by atoms with Crippen molar-refractivity contribution in [2.24, 2.45) is 0 Å². The van der Waals surface area contributed by atoms with Gasteiger partial charge in [-0.25, -0.2) is 4.98 Å². The minimum Gasteiger partial charge on any atom is -0.619 e. The fourth-order valence-corrected chi connectivity index (χ4v) is 1.61. The third-order valence-corrected chi connectivity index (χ3v) is 2.45. The topological polar surface area (TPSA) is 81.4 Å². The van der Waals surface area contributed by atoms with Crippen molar-refractivity contribution in [3.05, 3.63) is 54.3 Å².